The average molecular weight is 410 g/mol. The van der Waals surface area contributed by atoms with Crippen LogP contribution >= 0.6 is 23.7 Å². The third-order valence-electron chi connectivity index (χ3n) is 3.91. The van der Waals surface area contributed by atoms with Crippen LogP contribution in [0.3, 0.4) is 0 Å². The quantitative estimate of drug-likeness (QED) is 0.615. The Balaban J connectivity index is 0.00000261. The summed E-state index contributed by atoms with van der Waals surface area (Å²) in [6.07, 6.45) is 0. The van der Waals surface area contributed by atoms with Gasteiger partial charge in [-0.15, -0.1) is 12.4 Å². The summed E-state index contributed by atoms with van der Waals surface area (Å²) in [4.78, 5) is 21.2. The lowest BCUT2D eigenvalue weighted by atomic mass is 10.2. The van der Waals surface area contributed by atoms with E-state index in [0.717, 1.165) is 10.2 Å². The van der Waals surface area contributed by atoms with Gasteiger partial charge in [0.15, 0.2) is 5.13 Å². The predicted octanol–water partition coefficient (Wildman–Crippen LogP) is 4.07. The summed E-state index contributed by atoms with van der Waals surface area (Å²) >= 11 is 1.42. The number of amides is 1. The van der Waals surface area contributed by atoms with E-state index in [9.17, 15) is 9.18 Å². The van der Waals surface area contributed by atoms with Crippen molar-refractivity contribution in [3.05, 3.63) is 53.8 Å². The number of aromatic nitrogens is 1. The largest absolute Gasteiger partial charge is 0.494 e. The number of hydrogen-bond acceptors (Lipinski definition) is 5. The van der Waals surface area contributed by atoms with Crippen LogP contribution in [0.2, 0.25) is 0 Å². The molecule has 0 fully saturated rings. The summed E-state index contributed by atoms with van der Waals surface area (Å²) in [5.74, 6) is -0.0467. The second-order valence-corrected chi connectivity index (χ2v) is 7.08. The highest BCUT2D eigenvalue weighted by Crippen LogP contribution is 2.34. The van der Waals surface area contributed by atoms with Crippen molar-refractivity contribution in [1.29, 1.82) is 0 Å². The second-order valence-electron chi connectivity index (χ2n) is 6.07. The number of hydrogen-bond donors (Lipinski definition) is 0. The molecular formula is C19H21ClFN3O2S. The van der Waals surface area contributed by atoms with Crippen LogP contribution in [0.15, 0.2) is 42.5 Å². The minimum atomic E-state index is -0.436. The first kappa shape index (κ1) is 21.1. The molecule has 0 aliphatic carbocycles. The smallest absolute Gasteiger partial charge is 0.260 e. The molecule has 3 rings (SSSR count). The summed E-state index contributed by atoms with van der Waals surface area (Å²) in [6, 6.07) is 11.4. The van der Waals surface area contributed by atoms with Crippen LogP contribution in [-0.2, 0) is 0 Å². The molecule has 1 amide bonds. The molecular weight excluding hydrogens is 389 g/mol. The fourth-order valence-electron chi connectivity index (χ4n) is 2.55. The van der Waals surface area contributed by atoms with E-state index in [1.807, 2.05) is 37.2 Å². The zero-order chi connectivity index (χ0) is 18.7. The van der Waals surface area contributed by atoms with Crippen LogP contribution < -0.4 is 9.64 Å². The number of likely N-dealkylation sites (N-methyl/N-ethyl adjacent to an activating group) is 1. The van der Waals surface area contributed by atoms with Gasteiger partial charge < -0.3 is 9.64 Å². The van der Waals surface area contributed by atoms with E-state index >= 15 is 0 Å². The number of halogens is 2. The fraction of sp³-hybridized carbons (Fsp3) is 0.263. The van der Waals surface area contributed by atoms with E-state index in [0.29, 0.717) is 29.5 Å². The lowest BCUT2D eigenvalue weighted by molar-refractivity contribution is 0.0984. The highest BCUT2D eigenvalue weighted by atomic mass is 35.5. The van der Waals surface area contributed by atoms with Gasteiger partial charge >= 0.3 is 0 Å². The van der Waals surface area contributed by atoms with Crippen LogP contribution in [0.1, 0.15) is 10.4 Å². The summed E-state index contributed by atoms with van der Waals surface area (Å²) < 4.78 is 19.9. The molecule has 27 heavy (non-hydrogen) atoms. The number of anilines is 1. The topological polar surface area (TPSA) is 45.7 Å². The van der Waals surface area contributed by atoms with Crippen LogP contribution in [0.5, 0.6) is 5.75 Å². The summed E-state index contributed by atoms with van der Waals surface area (Å²) in [5, 5.41) is 0.570. The molecule has 1 aromatic heterocycles. The molecule has 2 aromatic carbocycles. The first-order chi connectivity index (χ1) is 12.5. The van der Waals surface area contributed by atoms with E-state index in [-0.39, 0.29) is 18.3 Å². The van der Waals surface area contributed by atoms with Gasteiger partial charge in [-0.2, -0.15) is 0 Å². The molecule has 0 spiro atoms. The molecule has 0 aliphatic rings. The van der Waals surface area contributed by atoms with Crippen molar-refractivity contribution in [2.75, 3.05) is 39.2 Å². The SMILES string of the molecule is COc1cccc2sc(N(CCN(C)C)C(=O)c3cccc(F)c3)nc12.Cl. The Bertz CT molecular complexity index is 932. The monoisotopic (exact) mass is 409 g/mol. The van der Waals surface area contributed by atoms with Gasteiger partial charge in [-0.1, -0.05) is 23.5 Å². The van der Waals surface area contributed by atoms with Gasteiger partial charge in [0.25, 0.3) is 5.91 Å². The van der Waals surface area contributed by atoms with Gasteiger partial charge in [0, 0.05) is 18.7 Å². The third-order valence-corrected chi connectivity index (χ3v) is 4.95. The normalized spacial score (nSPS) is 10.7. The number of carbonyl (C=O) groups is 1. The Morgan fingerprint density at radius 2 is 1.93 bits per heavy atom. The van der Waals surface area contributed by atoms with Gasteiger partial charge in [0.05, 0.1) is 11.8 Å². The number of fused-ring (bicyclic) bond motifs is 1. The standard InChI is InChI=1S/C19H20FN3O2S.ClH/c1-22(2)10-11-23(18(24)13-6-4-7-14(20)12-13)19-21-17-15(25-3)8-5-9-16(17)26-19;/h4-9,12H,10-11H2,1-3H3;1H. The molecule has 0 saturated heterocycles. The first-order valence-electron chi connectivity index (χ1n) is 8.15. The molecule has 0 saturated carbocycles. The van der Waals surface area contributed by atoms with Gasteiger partial charge in [-0.3, -0.25) is 9.69 Å². The molecule has 1 heterocycles. The van der Waals surface area contributed by atoms with E-state index in [4.69, 9.17) is 4.74 Å². The third kappa shape index (κ3) is 4.74. The Hall–Kier alpha value is -2.22. The Labute approximate surface area is 167 Å². The number of thiazole rings is 1. The van der Waals surface area contributed by atoms with Crippen molar-refractivity contribution in [1.82, 2.24) is 9.88 Å². The summed E-state index contributed by atoms with van der Waals surface area (Å²) in [6.45, 7) is 1.11. The minimum absolute atomic E-state index is 0. The minimum Gasteiger partial charge on any atom is -0.494 e. The predicted molar refractivity (Wildman–Crippen MR) is 110 cm³/mol. The van der Waals surface area contributed by atoms with Crippen molar-refractivity contribution in [2.45, 2.75) is 0 Å². The number of benzene rings is 2. The number of rotatable bonds is 6. The second kappa shape index (κ2) is 9.12. The Morgan fingerprint density at radius 3 is 2.59 bits per heavy atom. The zero-order valence-electron chi connectivity index (χ0n) is 15.3. The van der Waals surface area contributed by atoms with Crippen LogP contribution in [0.4, 0.5) is 9.52 Å². The number of ether oxygens (including phenoxy) is 1. The van der Waals surface area contributed by atoms with Crippen molar-refractivity contribution in [3.63, 3.8) is 0 Å². The van der Waals surface area contributed by atoms with Crippen molar-refractivity contribution in [3.8, 4) is 5.75 Å². The lowest BCUT2D eigenvalue weighted by Gasteiger charge is -2.22. The Kier molecular flexibility index (Phi) is 7.12. The Morgan fingerprint density at radius 1 is 1.19 bits per heavy atom. The molecule has 0 aliphatic heterocycles. The molecule has 0 atom stereocenters. The molecule has 0 unspecified atom stereocenters. The molecule has 0 radical (unpaired) electrons. The molecule has 0 N–H and O–H groups in total. The van der Waals surface area contributed by atoms with Crippen LogP contribution in [-0.4, -0.2) is 50.1 Å². The summed E-state index contributed by atoms with van der Waals surface area (Å²) in [5.41, 5.74) is 1.02. The van der Waals surface area contributed by atoms with Gasteiger partial charge in [-0.25, -0.2) is 9.37 Å². The van der Waals surface area contributed by atoms with Crippen molar-refractivity contribution >= 4 is 45.0 Å². The molecule has 0 bridgehead atoms. The molecule has 5 nitrogen and oxygen atoms in total. The van der Waals surface area contributed by atoms with Crippen molar-refractivity contribution in [2.24, 2.45) is 0 Å². The number of carbonyl (C=O) groups excluding carboxylic acids is 1. The van der Waals surface area contributed by atoms with E-state index in [1.54, 1.807) is 18.1 Å². The first-order valence-corrected chi connectivity index (χ1v) is 8.97. The maximum atomic E-state index is 13.6. The van der Waals surface area contributed by atoms with E-state index < -0.39 is 5.82 Å². The molecule has 3 aromatic rings. The van der Waals surface area contributed by atoms with E-state index in [2.05, 4.69) is 4.98 Å². The van der Waals surface area contributed by atoms with Gasteiger partial charge in [0.2, 0.25) is 0 Å². The van der Waals surface area contributed by atoms with Crippen LogP contribution in [0.25, 0.3) is 10.2 Å². The fourth-order valence-corrected chi connectivity index (χ4v) is 3.56. The van der Waals surface area contributed by atoms with E-state index in [1.165, 1.54) is 29.5 Å². The molecule has 8 heteroatoms. The van der Waals surface area contributed by atoms with Crippen LogP contribution in [0, 0.1) is 5.82 Å². The highest BCUT2D eigenvalue weighted by molar-refractivity contribution is 7.22. The lowest BCUT2D eigenvalue weighted by Crippen LogP contribution is -2.36. The van der Waals surface area contributed by atoms with Gasteiger partial charge in [0.1, 0.15) is 17.1 Å². The highest BCUT2D eigenvalue weighted by Gasteiger charge is 2.22. The maximum absolute atomic E-state index is 13.6. The maximum Gasteiger partial charge on any atom is 0.260 e. The average Bonchev–Trinajstić information content (AvgIpc) is 3.05. The molecule has 144 valence electrons. The number of nitrogens with zero attached hydrogens (tertiary/aromatic N) is 3. The number of para-hydroxylation sites is 1. The number of methoxy groups -OCH3 is 1. The van der Waals surface area contributed by atoms with Gasteiger partial charge in [-0.05, 0) is 44.4 Å². The summed E-state index contributed by atoms with van der Waals surface area (Å²) in [7, 11) is 5.47. The van der Waals surface area contributed by atoms with Crippen molar-refractivity contribution < 1.29 is 13.9 Å². The zero-order valence-corrected chi connectivity index (χ0v) is 16.9.